The van der Waals surface area contributed by atoms with Gasteiger partial charge in [0.1, 0.15) is 0 Å². The van der Waals surface area contributed by atoms with Crippen LogP contribution in [0.15, 0.2) is 29.6 Å². The van der Waals surface area contributed by atoms with E-state index in [-0.39, 0.29) is 5.91 Å². The zero-order valence-electron chi connectivity index (χ0n) is 13.9. The van der Waals surface area contributed by atoms with Crippen LogP contribution in [0.5, 0.6) is 0 Å². The Morgan fingerprint density at radius 3 is 2.58 bits per heavy atom. The minimum Gasteiger partial charge on any atom is -0.375 e. The van der Waals surface area contributed by atoms with Gasteiger partial charge in [-0.3, -0.25) is 4.79 Å². The molecule has 1 saturated heterocycles. The summed E-state index contributed by atoms with van der Waals surface area (Å²) < 4.78 is 0. The Kier molecular flexibility index (Phi) is 5.32. The summed E-state index contributed by atoms with van der Waals surface area (Å²) in [6, 6.07) is 8.07. The van der Waals surface area contributed by atoms with Crippen LogP contribution in [0, 0.1) is 0 Å². The Hall–Kier alpha value is -2.12. The lowest BCUT2D eigenvalue weighted by Crippen LogP contribution is -2.44. The average molecular weight is 345 g/mol. The minimum atomic E-state index is -0.00563. The third kappa shape index (κ3) is 4.46. The first-order valence-electron chi connectivity index (χ1n) is 8.13. The van der Waals surface area contributed by atoms with Crippen molar-refractivity contribution < 1.29 is 4.79 Å². The summed E-state index contributed by atoms with van der Waals surface area (Å²) in [5.41, 5.74) is 8.50. The lowest BCUT2D eigenvalue weighted by atomic mass is 10.2. The van der Waals surface area contributed by atoms with Gasteiger partial charge in [-0.1, -0.05) is 0 Å². The lowest BCUT2D eigenvalue weighted by molar-refractivity contribution is -0.116. The molecule has 1 aliphatic rings. The maximum atomic E-state index is 12.0. The molecule has 1 aromatic heterocycles. The molecule has 1 amide bonds. The summed E-state index contributed by atoms with van der Waals surface area (Å²) in [5, 5.41) is 5.38. The normalized spacial score (nSPS) is 15.5. The summed E-state index contributed by atoms with van der Waals surface area (Å²) in [4.78, 5) is 20.9. The number of aromatic nitrogens is 1. The van der Waals surface area contributed by atoms with Crippen LogP contribution in [0.2, 0.25) is 0 Å². The fourth-order valence-corrected chi connectivity index (χ4v) is 3.32. The first-order chi connectivity index (χ1) is 11.6. The van der Waals surface area contributed by atoms with Crippen LogP contribution in [0.1, 0.15) is 12.1 Å². The number of rotatable bonds is 5. The number of nitrogen functional groups attached to an aromatic ring is 1. The molecule has 24 heavy (non-hydrogen) atoms. The predicted molar refractivity (Wildman–Crippen MR) is 99.6 cm³/mol. The van der Waals surface area contributed by atoms with Crippen LogP contribution < -0.4 is 16.0 Å². The molecule has 0 atom stereocenters. The molecule has 0 saturated carbocycles. The van der Waals surface area contributed by atoms with Crippen LogP contribution in [0.3, 0.4) is 0 Å². The first-order valence-corrected chi connectivity index (χ1v) is 9.01. The summed E-state index contributed by atoms with van der Waals surface area (Å²) >= 11 is 1.40. The highest BCUT2D eigenvalue weighted by atomic mass is 32.1. The largest absolute Gasteiger partial charge is 0.375 e. The van der Waals surface area contributed by atoms with E-state index < -0.39 is 0 Å². The predicted octanol–water partition coefficient (Wildman–Crippen LogP) is 2.05. The molecule has 2 heterocycles. The molecule has 1 fully saturated rings. The van der Waals surface area contributed by atoms with Crippen molar-refractivity contribution >= 4 is 33.8 Å². The number of nitrogens with two attached hydrogens (primary N) is 1. The quantitative estimate of drug-likeness (QED) is 0.867. The SMILES string of the molecule is CN1CCN(c2ccc(NC(=O)CCc3csc(N)n3)cc2)CC1. The molecule has 0 spiro atoms. The summed E-state index contributed by atoms with van der Waals surface area (Å²) in [5.74, 6) is -0.00563. The van der Waals surface area contributed by atoms with Gasteiger partial charge < -0.3 is 20.9 Å². The number of aryl methyl sites for hydroxylation is 1. The van der Waals surface area contributed by atoms with Gasteiger partial charge in [0.25, 0.3) is 0 Å². The van der Waals surface area contributed by atoms with Gasteiger partial charge in [-0.2, -0.15) is 0 Å². The zero-order valence-corrected chi connectivity index (χ0v) is 14.7. The molecule has 6 nitrogen and oxygen atoms in total. The standard InChI is InChI=1S/C17H23N5OS/c1-21-8-10-22(11-9-21)15-5-2-13(3-6-15)19-16(23)7-4-14-12-24-17(18)20-14/h2-3,5-6,12H,4,7-11H2,1H3,(H2,18,20)(H,19,23). The first kappa shape index (κ1) is 16.7. The number of hydrogen-bond donors (Lipinski definition) is 2. The van der Waals surface area contributed by atoms with E-state index in [9.17, 15) is 4.79 Å². The van der Waals surface area contributed by atoms with E-state index in [0.717, 1.165) is 37.6 Å². The fourth-order valence-electron chi connectivity index (χ4n) is 2.72. The van der Waals surface area contributed by atoms with E-state index in [1.54, 1.807) is 0 Å². The van der Waals surface area contributed by atoms with Crippen LogP contribution in [-0.4, -0.2) is 49.0 Å². The topological polar surface area (TPSA) is 74.5 Å². The number of carbonyl (C=O) groups is 1. The Morgan fingerprint density at radius 1 is 1.25 bits per heavy atom. The van der Waals surface area contributed by atoms with Gasteiger partial charge in [0.15, 0.2) is 5.13 Å². The van der Waals surface area contributed by atoms with Gasteiger partial charge in [-0.15, -0.1) is 11.3 Å². The van der Waals surface area contributed by atoms with Gasteiger partial charge >= 0.3 is 0 Å². The van der Waals surface area contributed by atoms with Crippen molar-refractivity contribution in [1.29, 1.82) is 0 Å². The molecule has 1 aliphatic heterocycles. The van der Waals surface area contributed by atoms with E-state index in [1.165, 1.54) is 17.0 Å². The number of amides is 1. The molecular weight excluding hydrogens is 322 g/mol. The number of anilines is 3. The highest BCUT2D eigenvalue weighted by Gasteiger charge is 2.14. The number of nitrogens with zero attached hydrogens (tertiary/aromatic N) is 3. The van der Waals surface area contributed by atoms with E-state index in [1.807, 2.05) is 17.5 Å². The molecule has 1 aromatic carbocycles. The van der Waals surface area contributed by atoms with E-state index in [0.29, 0.717) is 18.0 Å². The molecule has 0 radical (unpaired) electrons. The van der Waals surface area contributed by atoms with Gasteiger partial charge in [0, 0.05) is 49.4 Å². The Labute approximate surface area is 146 Å². The monoisotopic (exact) mass is 345 g/mol. The number of hydrogen-bond acceptors (Lipinski definition) is 6. The molecule has 3 rings (SSSR count). The zero-order chi connectivity index (χ0) is 16.9. The average Bonchev–Trinajstić information content (AvgIpc) is 3.00. The second-order valence-corrected chi connectivity index (χ2v) is 6.95. The summed E-state index contributed by atoms with van der Waals surface area (Å²) in [7, 11) is 2.15. The number of thiazole rings is 1. The van der Waals surface area contributed by atoms with Crippen molar-refractivity contribution in [1.82, 2.24) is 9.88 Å². The maximum absolute atomic E-state index is 12.0. The molecular formula is C17H23N5OS. The minimum absolute atomic E-state index is 0.00563. The molecule has 0 unspecified atom stereocenters. The van der Waals surface area contributed by atoms with Crippen LogP contribution in [-0.2, 0) is 11.2 Å². The second kappa shape index (κ2) is 7.63. The number of carbonyl (C=O) groups excluding carboxylic acids is 1. The van der Waals surface area contributed by atoms with Crippen molar-refractivity contribution in [2.24, 2.45) is 0 Å². The Balaban J connectivity index is 1.49. The molecule has 3 N–H and O–H groups in total. The van der Waals surface area contributed by atoms with Crippen LogP contribution in [0.25, 0.3) is 0 Å². The Bertz CT molecular complexity index is 677. The maximum Gasteiger partial charge on any atom is 0.224 e. The van der Waals surface area contributed by atoms with Gasteiger partial charge in [0.2, 0.25) is 5.91 Å². The van der Waals surface area contributed by atoms with Crippen molar-refractivity contribution in [2.45, 2.75) is 12.8 Å². The van der Waals surface area contributed by atoms with Crippen molar-refractivity contribution in [3.63, 3.8) is 0 Å². The molecule has 128 valence electrons. The smallest absolute Gasteiger partial charge is 0.224 e. The van der Waals surface area contributed by atoms with Gasteiger partial charge in [-0.25, -0.2) is 4.98 Å². The van der Waals surface area contributed by atoms with E-state index in [2.05, 4.69) is 39.3 Å². The second-order valence-electron chi connectivity index (χ2n) is 6.06. The van der Waals surface area contributed by atoms with Gasteiger partial charge in [-0.05, 0) is 37.7 Å². The highest BCUT2D eigenvalue weighted by molar-refractivity contribution is 7.13. The number of nitrogens with one attached hydrogen (secondary N) is 1. The lowest BCUT2D eigenvalue weighted by Gasteiger charge is -2.34. The number of piperazine rings is 1. The van der Waals surface area contributed by atoms with Crippen LogP contribution in [0.4, 0.5) is 16.5 Å². The fraction of sp³-hybridized carbons (Fsp3) is 0.412. The van der Waals surface area contributed by atoms with Gasteiger partial charge in [0.05, 0.1) is 5.69 Å². The van der Waals surface area contributed by atoms with E-state index in [4.69, 9.17) is 5.73 Å². The third-order valence-corrected chi connectivity index (χ3v) is 4.92. The Morgan fingerprint density at radius 2 is 1.96 bits per heavy atom. The molecule has 0 bridgehead atoms. The number of benzene rings is 1. The number of likely N-dealkylation sites (N-methyl/N-ethyl adjacent to an activating group) is 1. The highest BCUT2D eigenvalue weighted by Crippen LogP contribution is 2.19. The van der Waals surface area contributed by atoms with Crippen molar-refractivity contribution in [3.05, 3.63) is 35.3 Å². The summed E-state index contributed by atoms with van der Waals surface area (Å²) in [6.45, 7) is 4.25. The van der Waals surface area contributed by atoms with Crippen LogP contribution >= 0.6 is 11.3 Å². The van der Waals surface area contributed by atoms with Crippen molar-refractivity contribution in [3.8, 4) is 0 Å². The third-order valence-electron chi connectivity index (χ3n) is 4.20. The summed E-state index contributed by atoms with van der Waals surface area (Å²) in [6.07, 6.45) is 1.02. The molecule has 0 aliphatic carbocycles. The van der Waals surface area contributed by atoms with Crippen molar-refractivity contribution in [2.75, 3.05) is 49.2 Å². The van der Waals surface area contributed by atoms with E-state index >= 15 is 0 Å². The molecule has 7 heteroatoms. The molecule has 2 aromatic rings.